The number of para-hydroxylation sites is 1. The van der Waals surface area contributed by atoms with Crippen molar-refractivity contribution in [2.24, 2.45) is 0 Å². The van der Waals surface area contributed by atoms with E-state index in [1.54, 1.807) is 26.4 Å². The smallest absolute Gasteiger partial charge is 0.275 e. The molecular formula is C21H22N4O3. The van der Waals surface area contributed by atoms with Crippen molar-refractivity contribution in [2.75, 3.05) is 24.9 Å². The van der Waals surface area contributed by atoms with Crippen LogP contribution in [-0.4, -0.2) is 30.1 Å². The summed E-state index contributed by atoms with van der Waals surface area (Å²) in [6.45, 7) is 3.90. The molecule has 2 N–H and O–H groups in total. The highest BCUT2D eigenvalue weighted by molar-refractivity contribution is 6.03. The number of nitrogens with zero attached hydrogens (tertiary/aromatic N) is 2. The molecule has 0 unspecified atom stereocenters. The van der Waals surface area contributed by atoms with Crippen molar-refractivity contribution in [3.05, 3.63) is 65.6 Å². The molecule has 0 saturated heterocycles. The first-order chi connectivity index (χ1) is 13.5. The van der Waals surface area contributed by atoms with Crippen LogP contribution >= 0.6 is 0 Å². The molecule has 1 amide bonds. The van der Waals surface area contributed by atoms with Gasteiger partial charge in [0.15, 0.2) is 11.5 Å². The average Bonchev–Trinajstić information content (AvgIpc) is 2.71. The molecule has 7 heteroatoms. The Labute approximate surface area is 163 Å². The molecule has 0 saturated carbocycles. The maximum absolute atomic E-state index is 12.5. The number of carbonyl (C=O) groups is 1. The van der Waals surface area contributed by atoms with Crippen LogP contribution in [0.4, 0.5) is 17.2 Å². The van der Waals surface area contributed by atoms with Crippen LogP contribution in [0.3, 0.4) is 0 Å². The Morgan fingerprint density at radius 2 is 1.64 bits per heavy atom. The number of amides is 1. The molecule has 0 aliphatic rings. The number of aromatic nitrogens is 2. The zero-order chi connectivity index (χ0) is 20.1. The van der Waals surface area contributed by atoms with E-state index < -0.39 is 0 Å². The number of anilines is 3. The quantitative estimate of drug-likeness (QED) is 0.671. The molecule has 0 aliphatic carbocycles. The number of carbonyl (C=O) groups excluding carboxylic acids is 1. The minimum absolute atomic E-state index is 0.237. The van der Waals surface area contributed by atoms with E-state index in [-0.39, 0.29) is 11.6 Å². The molecule has 3 aromatic rings. The normalized spacial score (nSPS) is 10.3. The average molecular weight is 378 g/mol. The van der Waals surface area contributed by atoms with Gasteiger partial charge in [-0.3, -0.25) is 4.79 Å². The molecule has 1 heterocycles. The molecule has 0 spiro atoms. The van der Waals surface area contributed by atoms with Gasteiger partial charge in [0.25, 0.3) is 5.91 Å². The number of benzene rings is 2. The van der Waals surface area contributed by atoms with Crippen molar-refractivity contribution >= 4 is 23.1 Å². The van der Waals surface area contributed by atoms with Crippen molar-refractivity contribution in [3.63, 3.8) is 0 Å². The van der Waals surface area contributed by atoms with Crippen LogP contribution in [0.5, 0.6) is 11.5 Å². The zero-order valence-electron chi connectivity index (χ0n) is 16.2. The molecule has 0 bridgehead atoms. The van der Waals surface area contributed by atoms with Gasteiger partial charge in [0.2, 0.25) is 0 Å². The molecule has 0 aliphatic heterocycles. The minimum atomic E-state index is -0.303. The van der Waals surface area contributed by atoms with E-state index in [2.05, 4.69) is 20.6 Å². The lowest BCUT2D eigenvalue weighted by Crippen LogP contribution is -2.15. The van der Waals surface area contributed by atoms with Crippen LogP contribution in [-0.2, 0) is 0 Å². The van der Waals surface area contributed by atoms with Crippen molar-refractivity contribution < 1.29 is 14.3 Å². The van der Waals surface area contributed by atoms with E-state index in [0.29, 0.717) is 17.3 Å². The first kappa shape index (κ1) is 19.2. The molecule has 3 rings (SSSR count). The van der Waals surface area contributed by atoms with Crippen LogP contribution in [0.15, 0.2) is 48.8 Å². The summed E-state index contributed by atoms with van der Waals surface area (Å²) >= 11 is 0. The summed E-state index contributed by atoms with van der Waals surface area (Å²) in [6, 6.07) is 11.3. The fourth-order valence-electron chi connectivity index (χ4n) is 2.76. The summed E-state index contributed by atoms with van der Waals surface area (Å²) in [5.74, 6) is 1.45. The summed E-state index contributed by atoms with van der Waals surface area (Å²) in [7, 11) is 3.16. The number of methoxy groups -OCH3 is 2. The van der Waals surface area contributed by atoms with Crippen molar-refractivity contribution in [2.45, 2.75) is 13.8 Å². The molecule has 1 aromatic heterocycles. The molecule has 28 heavy (non-hydrogen) atoms. The van der Waals surface area contributed by atoms with Gasteiger partial charge in [-0.15, -0.1) is 0 Å². The van der Waals surface area contributed by atoms with E-state index in [0.717, 1.165) is 22.5 Å². The Balaban J connectivity index is 1.72. The van der Waals surface area contributed by atoms with Gasteiger partial charge >= 0.3 is 0 Å². The van der Waals surface area contributed by atoms with E-state index in [9.17, 15) is 4.79 Å². The number of nitrogens with one attached hydrogen (secondary N) is 2. The van der Waals surface area contributed by atoms with Gasteiger partial charge in [-0.1, -0.05) is 18.2 Å². The maximum atomic E-state index is 12.5. The first-order valence-electron chi connectivity index (χ1n) is 8.70. The predicted octanol–water partition coefficient (Wildman–Crippen LogP) is 4.11. The predicted molar refractivity (Wildman–Crippen MR) is 109 cm³/mol. The summed E-state index contributed by atoms with van der Waals surface area (Å²) in [6.07, 6.45) is 2.95. The first-order valence-corrected chi connectivity index (χ1v) is 8.70. The summed E-state index contributed by atoms with van der Waals surface area (Å²) in [5.41, 5.74) is 3.78. The highest BCUT2D eigenvalue weighted by Crippen LogP contribution is 2.30. The topological polar surface area (TPSA) is 85.4 Å². The van der Waals surface area contributed by atoms with Gasteiger partial charge in [-0.05, 0) is 37.1 Å². The van der Waals surface area contributed by atoms with Gasteiger partial charge in [0, 0.05) is 17.4 Å². The molecule has 144 valence electrons. The van der Waals surface area contributed by atoms with E-state index in [1.807, 2.05) is 38.1 Å². The van der Waals surface area contributed by atoms with Crippen molar-refractivity contribution in [1.82, 2.24) is 9.97 Å². The second-order valence-electron chi connectivity index (χ2n) is 6.20. The molecule has 0 atom stereocenters. The summed E-state index contributed by atoms with van der Waals surface area (Å²) in [4.78, 5) is 21.0. The molecule has 7 nitrogen and oxygen atoms in total. The summed E-state index contributed by atoms with van der Waals surface area (Å²) in [5, 5.41) is 6.02. The maximum Gasteiger partial charge on any atom is 0.275 e. The van der Waals surface area contributed by atoms with E-state index >= 15 is 0 Å². The third-order valence-corrected chi connectivity index (χ3v) is 4.26. The van der Waals surface area contributed by atoms with Gasteiger partial charge in [0.1, 0.15) is 11.5 Å². The largest absolute Gasteiger partial charge is 0.493 e. The Hall–Kier alpha value is -3.61. The van der Waals surface area contributed by atoms with Gasteiger partial charge in [0.05, 0.1) is 26.6 Å². The van der Waals surface area contributed by atoms with Gasteiger partial charge in [-0.2, -0.15) is 0 Å². The highest BCUT2D eigenvalue weighted by Gasteiger charge is 2.12. The number of aryl methyl sites for hydroxylation is 2. The zero-order valence-corrected chi connectivity index (χ0v) is 16.2. The standard InChI is InChI=1S/C21H22N4O3/c1-13-6-5-7-14(2)20(13)25-21(26)16-11-23-19(12-22-16)24-15-8-9-17(27-3)18(10-15)28-4/h5-12H,1-4H3,(H,23,24)(H,25,26). The fraction of sp³-hybridized carbons (Fsp3) is 0.190. The third-order valence-electron chi connectivity index (χ3n) is 4.26. The highest BCUT2D eigenvalue weighted by atomic mass is 16.5. The Morgan fingerprint density at radius 1 is 0.929 bits per heavy atom. The molecule has 0 fully saturated rings. The lowest BCUT2D eigenvalue weighted by atomic mass is 10.1. The number of ether oxygens (including phenoxy) is 2. The summed E-state index contributed by atoms with van der Waals surface area (Å²) < 4.78 is 10.5. The van der Waals surface area contributed by atoms with E-state index in [1.165, 1.54) is 12.4 Å². The van der Waals surface area contributed by atoms with Gasteiger partial charge in [-0.25, -0.2) is 9.97 Å². The Morgan fingerprint density at radius 3 is 2.25 bits per heavy atom. The fourth-order valence-corrected chi connectivity index (χ4v) is 2.76. The lowest BCUT2D eigenvalue weighted by molar-refractivity contribution is 0.102. The minimum Gasteiger partial charge on any atom is -0.493 e. The molecular weight excluding hydrogens is 356 g/mol. The van der Waals surface area contributed by atoms with Crippen molar-refractivity contribution in [1.29, 1.82) is 0 Å². The third kappa shape index (κ3) is 4.20. The number of hydrogen-bond donors (Lipinski definition) is 2. The van der Waals surface area contributed by atoms with Crippen LogP contribution < -0.4 is 20.1 Å². The Kier molecular flexibility index (Phi) is 5.74. The van der Waals surface area contributed by atoms with Crippen LogP contribution in [0, 0.1) is 13.8 Å². The van der Waals surface area contributed by atoms with Crippen LogP contribution in [0.25, 0.3) is 0 Å². The Bertz CT molecular complexity index is 967. The number of rotatable bonds is 6. The SMILES string of the molecule is COc1ccc(Nc2cnc(C(=O)Nc3c(C)cccc3C)cn2)cc1OC. The second-order valence-corrected chi connectivity index (χ2v) is 6.20. The van der Waals surface area contributed by atoms with Crippen molar-refractivity contribution in [3.8, 4) is 11.5 Å². The molecule has 2 aromatic carbocycles. The van der Waals surface area contributed by atoms with Gasteiger partial charge < -0.3 is 20.1 Å². The van der Waals surface area contributed by atoms with E-state index in [4.69, 9.17) is 9.47 Å². The van der Waals surface area contributed by atoms with Crippen LogP contribution in [0.2, 0.25) is 0 Å². The lowest BCUT2D eigenvalue weighted by Gasteiger charge is -2.12. The molecule has 0 radical (unpaired) electrons. The van der Waals surface area contributed by atoms with Crippen LogP contribution in [0.1, 0.15) is 21.6 Å². The monoisotopic (exact) mass is 378 g/mol. The number of hydrogen-bond acceptors (Lipinski definition) is 6. The second kappa shape index (κ2) is 8.39.